The third-order valence-electron chi connectivity index (χ3n) is 3.22. The van der Waals surface area contributed by atoms with E-state index in [-0.39, 0.29) is 0 Å². The molecule has 0 fully saturated rings. The molecule has 1 aromatic heterocycles. The first kappa shape index (κ1) is 15.3. The summed E-state index contributed by atoms with van der Waals surface area (Å²) in [5.74, 6) is 0. The smallest absolute Gasteiger partial charge is 0.0624 e. The van der Waals surface area contributed by atoms with E-state index in [0.717, 1.165) is 24.9 Å². The zero-order valence-corrected chi connectivity index (χ0v) is 13.0. The Labute approximate surface area is 130 Å². The normalized spacial score (nSPS) is 12.3. The lowest BCUT2D eigenvalue weighted by Crippen LogP contribution is -2.33. The van der Waals surface area contributed by atoms with Crippen LogP contribution >= 0.6 is 23.2 Å². The summed E-state index contributed by atoms with van der Waals surface area (Å²) in [6.45, 7) is 3.03. The van der Waals surface area contributed by atoms with Gasteiger partial charge >= 0.3 is 0 Å². The van der Waals surface area contributed by atoms with E-state index in [1.807, 2.05) is 42.7 Å². The van der Waals surface area contributed by atoms with E-state index in [0.29, 0.717) is 16.1 Å². The van der Waals surface area contributed by atoms with Crippen molar-refractivity contribution in [2.75, 3.05) is 6.54 Å². The van der Waals surface area contributed by atoms with Crippen LogP contribution in [0.4, 0.5) is 0 Å². The molecule has 0 saturated heterocycles. The number of hydrogen-bond donors (Lipinski definition) is 1. The fourth-order valence-electron chi connectivity index (χ4n) is 2.28. The minimum absolute atomic E-state index is 0.332. The van der Waals surface area contributed by atoms with E-state index in [4.69, 9.17) is 23.2 Å². The molecule has 1 unspecified atom stereocenters. The van der Waals surface area contributed by atoms with E-state index in [2.05, 4.69) is 17.2 Å². The zero-order valence-electron chi connectivity index (χ0n) is 11.4. The third kappa shape index (κ3) is 4.20. The van der Waals surface area contributed by atoms with Gasteiger partial charge < -0.3 is 5.32 Å². The molecule has 2 nitrogen and oxygen atoms in total. The quantitative estimate of drug-likeness (QED) is 0.867. The molecule has 1 heterocycles. The summed E-state index contributed by atoms with van der Waals surface area (Å²) in [5, 5.41) is 4.78. The van der Waals surface area contributed by atoms with Gasteiger partial charge in [-0.3, -0.25) is 4.98 Å². The number of halogens is 2. The van der Waals surface area contributed by atoms with Crippen molar-refractivity contribution < 1.29 is 0 Å². The van der Waals surface area contributed by atoms with Crippen LogP contribution in [0.3, 0.4) is 0 Å². The minimum Gasteiger partial charge on any atom is -0.314 e. The number of likely N-dealkylation sites (N-methyl/N-ethyl adjacent to an activating group) is 1. The standard InChI is InChI=1S/C16H18Cl2N2/c1-2-20-14(10-12-6-8-19-9-7-12)11-13-4-3-5-15(17)16(13)18/h3-9,14,20H,2,10-11H2,1H3. The van der Waals surface area contributed by atoms with Crippen molar-refractivity contribution in [3.8, 4) is 0 Å². The highest BCUT2D eigenvalue weighted by atomic mass is 35.5. The number of hydrogen-bond acceptors (Lipinski definition) is 2. The predicted octanol–water partition coefficient (Wildman–Crippen LogP) is 4.15. The lowest BCUT2D eigenvalue weighted by molar-refractivity contribution is 0.521. The van der Waals surface area contributed by atoms with Crippen molar-refractivity contribution in [2.45, 2.75) is 25.8 Å². The molecule has 20 heavy (non-hydrogen) atoms. The summed E-state index contributed by atoms with van der Waals surface area (Å²) in [6, 6.07) is 10.2. The number of nitrogens with one attached hydrogen (secondary N) is 1. The van der Waals surface area contributed by atoms with Crippen molar-refractivity contribution in [2.24, 2.45) is 0 Å². The van der Waals surface area contributed by atoms with Gasteiger partial charge in [-0.2, -0.15) is 0 Å². The Morgan fingerprint density at radius 2 is 1.85 bits per heavy atom. The van der Waals surface area contributed by atoms with Crippen molar-refractivity contribution in [1.29, 1.82) is 0 Å². The number of aromatic nitrogens is 1. The third-order valence-corrected chi connectivity index (χ3v) is 4.08. The van der Waals surface area contributed by atoms with Crippen LogP contribution in [0.1, 0.15) is 18.1 Å². The molecule has 106 valence electrons. The second kappa shape index (κ2) is 7.63. The van der Waals surface area contributed by atoms with Gasteiger partial charge in [0.25, 0.3) is 0 Å². The molecule has 0 aliphatic rings. The molecular weight excluding hydrogens is 291 g/mol. The van der Waals surface area contributed by atoms with Crippen LogP contribution in [-0.4, -0.2) is 17.6 Å². The summed E-state index contributed by atoms with van der Waals surface area (Å²) in [5.41, 5.74) is 2.35. The minimum atomic E-state index is 0.332. The van der Waals surface area contributed by atoms with Crippen molar-refractivity contribution in [1.82, 2.24) is 10.3 Å². The molecule has 0 radical (unpaired) electrons. The van der Waals surface area contributed by atoms with Crippen molar-refractivity contribution in [3.63, 3.8) is 0 Å². The maximum Gasteiger partial charge on any atom is 0.0624 e. The average Bonchev–Trinajstić information content (AvgIpc) is 2.45. The highest BCUT2D eigenvalue weighted by molar-refractivity contribution is 6.42. The molecule has 0 aliphatic carbocycles. The van der Waals surface area contributed by atoms with Gasteiger partial charge in [0.2, 0.25) is 0 Å². The van der Waals surface area contributed by atoms with Gasteiger partial charge in [-0.25, -0.2) is 0 Å². The van der Waals surface area contributed by atoms with Crippen LogP contribution in [0.25, 0.3) is 0 Å². The molecule has 1 atom stereocenters. The average molecular weight is 309 g/mol. The van der Waals surface area contributed by atoms with Crippen LogP contribution in [0, 0.1) is 0 Å². The summed E-state index contributed by atoms with van der Waals surface area (Å²) in [7, 11) is 0. The van der Waals surface area contributed by atoms with Gasteiger partial charge in [0.05, 0.1) is 10.0 Å². The Balaban J connectivity index is 2.11. The summed E-state index contributed by atoms with van der Waals surface area (Å²) in [6.07, 6.45) is 5.45. The Morgan fingerprint density at radius 1 is 1.10 bits per heavy atom. The van der Waals surface area contributed by atoms with E-state index < -0.39 is 0 Å². The number of rotatable bonds is 6. The van der Waals surface area contributed by atoms with Crippen LogP contribution in [0.15, 0.2) is 42.7 Å². The van der Waals surface area contributed by atoms with Crippen LogP contribution in [-0.2, 0) is 12.8 Å². The molecule has 0 aliphatic heterocycles. The summed E-state index contributed by atoms with van der Waals surface area (Å²) < 4.78 is 0. The predicted molar refractivity (Wildman–Crippen MR) is 85.6 cm³/mol. The first-order chi connectivity index (χ1) is 9.70. The van der Waals surface area contributed by atoms with Crippen LogP contribution in [0.5, 0.6) is 0 Å². The first-order valence-corrected chi connectivity index (χ1v) is 7.51. The second-order valence-corrected chi connectivity index (χ2v) is 5.52. The maximum atomic E-state index is 6.27. The van der Waals surface area contributed by atoms with Crippen molar-refractivity contribution >= 4 is 23.2 Å². The van der Waals surface area contributed by atoms with E-state index in [1.165, 1.54) is 5.56 Å². The topological polar surface area (TPSA) is 24.9 Å². The van der Waals surface area contributed by atoms with Gasteiger partial charge in [-0.05, 0) is 48.7 Å². The fraction of sp³-hybridized carbons (Fsp3) is 0.312. The molecule has 4 heteroatoms. The summed E-state index contributed by atoms with van der Waals surface area (Å²) >= 11 is 12.3. The lowest BCUT2D eigenvalue weighted by atomic mass is 9.99. The Kier molecular flexibility index (Phi) is 5.84. The molecule has 2 aromatic rings. The Bertz CT molecular complexity index is 543. The zero-order chi connectivity index (χ0) is 14.4. The van der Waals surface area contributed by atoms with Gasteiger partial charge in [-0.1, -0.05) is 42.3 Å². The highest BCUT2D eigenvalue weighted by Gasteiger charge is 2.13. The Morgan fingerprint density at radius 3 is 2.55 bits per heavy atom. The molecule has 0 amide bonds. The molecule has 0 spiro atoms. The molecule has 1 N–H and O–H groups in total. The molecule has 2 rings (SSSR count). The number of benzene rings is 1. The van der Waals surface area contributed by atoms with Gasteiger partial charge in [0.15, 0.2) is 0 Å². The van der Waals surface area contributed by atoms with E-state index in [1.54, 1.807) is 0 Å². The maximum absolute atomic E-state index is 6.27. The second-order valence-electron chi connectivity index (χ2n) is 4.73. The summed E-state index contributed by atoms with van der Waals surface area (Å²) in [4.78, 5) is 4.05. The van der Waals surface area contributed by atoms with Crippen LogP contribution < -0.4 is 5.32 Å². The number of nitrogens with zero attached hydrogens (tertiary/aromatic N) is 1. The molecule has 1 aromatic carbocycles. The molecule has 0 saturated carbocycles. The largest absolute Gasteiger partial charge is 0.314 e. The fourth-order valence-corrected chi connectivity index (χ4v) is 2.68. The lowest BCUT2D eigenvalue weighted by Gasteiger charge is -2.19. The molecular formula is C16H18Cl2N2. The Hall–Kier alpha value is -1.09. The monoisotopic (exact) mass is 308 g/mol. The van der Waals surface area contributed by atoms with E-state index >= 15 is 0 Å². The van der Waals surface area contributed by atoms with Gasteiger partial charge in [0.1, 0.15) is 0 Å². The van der Waals surface area contributed by atoms with E-state index in [9.17, 15) is 0 Å². The SMILES string of the molecule is CCNC(Cc1ccncc1)Cc1cccc(Cl)c1Cl. The molecule has 0 bridgehead atoms. The van der Waals surface area contributed by atoms with Gasteiger partial charge in [-0.15, -0.1) is 0 Å². The van der Waals surface area contributed by atoms with Crippen molar-refractivity contribution in [3.05, 3.63) is 63.9 Å². The van der Waals surface area contributed by atoms with Crippen LogP contribution in [0.2, 0.25) is 10.0 Å². The number of pyridine rings is 1. The van der Waals surface area contributed by atoms with Gasteiger partial charge in [0, 0.05) is 18.4 Å². The highest BCUT2D eigenvalue weighted by Crippen LogP contribution is 2.26. The first-order valence-electron chi connectivity index (χ1n) is 6.76.